The Labute approximate surface area is 99.9 Å². The van der Waals surface area contributed by atoms with Gasteiger partial charge in [0.15, 0.2) is 0 Å². The Kier molecular flexibility index (Phi) is 2.96. The number of benzene rings is 1. The molecule has 1 heterocycles. The van der Waals surface area contributed by atoms with Crippen molar-refractivity contribution < 1.29 is 9.18 Å². The van der Waals surface area contributed by atoms with E-state index in [1.54, 1.807) is 12.1 Å². The third-order valence-electron chi connectivity index (χ3n) is 2.92. The minimum absolute atomic E-state index is 0.0379. The van der Waals surface area contributed by atoms with Crippen molar-refractivity contribution in [2.24, 2.45) is 16.9 Å². The second-order valence-corrected chi connectivity index (χ2v) is 4.59. The van der Waals surface area contributed by atoms with E-state index in [1.165, 1.54) is 17.1 Å². The van der Waals surface area contributed by atoms with Crippen LogP contribution in [0.4, 0.5) is 10.1 Å². The normalized spacial score (nSPS) is 20.1. The molecule has 0 N–H and O–H groups in total. The van der Waals surface area contributed by atoms with Crippen LogP contribution in [0.25, 0.3) is 0 Å². The van der Waals surface area contributed by atoms with E-state index in [4.69, 9.17) is 0 Å². The maximum Gasteiger partial charge on any atom is 0.256 e. The molecule has 3 nitrogen and oxygen atoms in total. The van der Waals surface area contributed by atoms with E-state index in [2.05, 4.69) is 5.10 Å². The minimum Gasteiger partial charge on any atom is -0.272 e. The van der Waals surface area contributed by atoms with Crippen molar-refractivity contribution in [2.75, 3.05) is 5.01 Å². The molecule has 90 valence electrons. The summed E-state index contributed by atoms with van der Waals surface area (Å²) in [6.07, 6.45) is 0. The van der Waals surface area contributed by atoms with Gasteiger partial charge in [-0.2, -0.15) is 5.10 Å². The predicted octanol–water partition coefficient (Wildman–Crippen LogP) is 2.82. The monoisotopic (exact) mass is 234 g/mol. The lowest BCUT2D eigenvalue weighted by Gasteiger charge is -2.16. The Bertz CT molecular complexity index is 465. The SMILES string of the molecule is CC1=NN(c2ccc(F)cc2)C(=O)C1C(C)C. The fourth-order valence-electron chi connectivity index (χ4n) is 2.11. The van der Waals surface area contributed by atoms with Crippen LogP contribution in [0.2, 0.25) is 0 Å². The molecule has 0 saturated heterocycles. The molecule has 1 aromatic carbocycles. The summed E-state index contributed by atoms with van der Waals surface area (Å²) in [4.78, 5) is 12.2. The molecule has 1 amide bonds. The summed E-state index contributed by atoms with van der Waals surface area (Å²) in [5.41, 5.74) is 1.42. The minimum atomic E-state index is -0.318. The highest BCUT2D eigenvalue weighted by Gasteiger charge is 2.36. The number of carbonyl (C=O) groups excluding carboxylic acids is 1. The number of hydrazone groups is 1. The first kappa shape index (κ1) is 11.8. The number of halogens is 1. The van der Waals surface area contributed by atoms with Crippen LogP contribution < -0.4 is 5.01 Å². The van der Waals surface area contributed by atoms with Crippen molar-refractivity contribution in [1.29, 1.82) is 0 Å². The van der Waals surface area contributed by atoms with Gasteiger partial charge in [0.1, 0.15) is 5.82 Å². The zero-order valence-corrected chi connectivity index (χ0v) is 10.1. The van der Waals surface area contributed by atoms with E-state index < -0.39 is 0 Å². The highest BCUT2D eigenvalue weighted by atomic mass is 19.1. The highest BCUT2D eigenvalue weighted by Crippen LogP contribution is 2.27. The zero-order valence-electron chi connectivity index (χ0n) is 10.1. The summed E-state index contributed by atoms with van der Waals surface area (Å²) in [6, 6.07) is 5.78. The summed E-state index contributed by atoms with van der Waals surface area (Å²) in [5, 5.41) is 5.61. The van der Waals surface area contributed by atoms with Crippen molar-refractivity contribution in [3.63, 3.8) is 0 Å². The van der Waals surface area contributed by atoms with Gasteiger partial charge in [0.2, 0.25) is 0 Å². The average Bonchev–Trinajstić information content (AvgIpc) is 2.55. The number of anilines is 1. The number of carbonyl (C=O) groups is 1. The van der Waals surface area contributed by atoms with Gasteiger partial charge in [0, 0.05) is 5.71 Å². The summed E-state index contributed by atoms with van der Waals surface area (Å²) in [7, 11) is 0. The molecule has 4 heteroatoms. The number of hydrogen-bond donors (Lipinski definition) is 0. The number of rotatable bonds is 2. The lowest BCUT2D eigenvalue weighted by Crippen LogP contribution is -2.30. The first-order chi connectivity index (χ1) is 8.00. The molecule has 17 heavy (non-hydrogen) atoms. The van der Waals surface area contributed by atoms with Crippen LogP contribution in [-0.2, 0) is 4.79 Å². The van der Waals surface area contributed by atoms with E-state index in [1.807, 2.05) is 20.8 Å². The molecule has 0 bridgehead atoms. The van der Waals surface area contributed by atoms with Gasteiger partial charge in [0.05, 0.1) is 11.6 Å². The van der Waals surface area contributed by atoms with Crippen LogP contribution in [0, 0.1) is 17.7 Å². The molecule has 1 unspecified atom stereocenters. The number of amides is 1. The van der Waals surface area contributed by atoms with Crippen LogP contribution >= 0.6 is 0 Å². The summed E-state index contributed by atoms with van der Waals surface area (Å²) in [6.45, 7) is 5.84. The fraction of sp³-hybridized carbons (Fsp3) is 0.385. The largest absolute Gasteiger partial charge is 0.272 e. The molecule has 0 spiro atoms. The van der Waals surface area contributed by atoms with Crippen LogP contribution in [0.3, 0.4) is 0 Å². The van der Waals surface area contributed by atoms with Crippen LogP contribution in [-0.4, -0.2) is 11.6 Å². The molecule has 2 rings (SSSR count). The third-order valence-corrected chi connectivity index (χ3v) is 2.92. The molecule has 0 aliphatic carbocycles. The Morgan fingerprint density at radius 2 is 1.88 bits per heavy atom. The van der Waals surface area contributed by atoms with Gasteiger partial charge >= 0.3 is 0 Å². The quantitative estimate of drug-likeness (QED) is 0.774. The Morgan fingerprint density at radius 3 is 2.35 bits per heavy atom. The average molecular weight is 234 g/mol. The maximum absolute atomic E-state index is 12.8. The second-order valence-electron chi connectivity index (χ2n) is 4.59. The molecule has 1 atom stereocenters. The van der Waals surface area contributed by atoms with Crippen LogP contribution in [0.1, 0.15) is 20.8 Å². The van der Waals surface area contributed by atoms with Gasteiger partial charge in [-0.05, 0) is 37.1 Å². The smallest absolute Gasteiger partial charge is 0.256 e. The van der Waals surface area contributed by atoms with Gasteiger partial charge < -0.3 is 0 Å². The Balaban J connectivity index is 2.31. The van der Waals surface area contributed by atoms with Crippen molar-refractivity contribution >= 4 is 17.3 Å². The van der Waals surface area contributed by atoms with E-state index in [9.17, 15) is 9.18 Å². The Hall–Kier alpha value is -1.71. The van der Waals surface area contributed by atoms with Gasteiger partial charge in [-0.15, -0.1) is 0 Å². The standard InChI is InChI=1S/C13H15FN2O/c1-8(2)12-9(3)15-16(13(12)17)11-6-4-10(14)5-7-11/h4-8,12H,1-3H3. The highest BCUT2D eigenvalue weighted by molar-refractivity contribution is 6.14. The van der Waals surface area contributed by atoms with E-state index in [0.29, 0.717) is 5.69 Å². The molecular weight excluding hydrogens is 219 g/mol. The number of nitrogens with zero attached hydrogens (tertiary/aromatic N) is 2. The lowest BCUT2D eigenvalue weighted by molar-refractivity contribution is -0.120. The fourth-order valence-corrected chi connectivity index (χ4v) is 2.11. The topological polar surface area (TPSA) is 32.7 Å². The van der Waals surface area contributed by atoms with E-state index in [0.717, 1.165) is 5.71 Å². The molecule has 0 aromatic heterocycles. The summed E-state index contributed by atoms with van der Waals surface area (Å²) < 4.78 is 12.8. The third kappa shape index (κ3) is 2.07. The van der Waals surface area contributed by atoms with Crippen molar-refractivity contribution in [3.8, 4) is 0 Å². The van der Waals surface area contributed by atoms with Gasteiger partial charge in [0.25, 0.3) is 5.91 Å². The van der Waals surface area contributed by atoms with Gasteiger partial charge in [-0.25, -0.2) is 9.40 Å². The second kappa shape index (κ2) is 4.28. The van der Waals surface area contributed by atoms with Crippen LogP contribution in [0.5, 0.6) is 0 Å². The van der Waals surface area contributed by atoms with E-state index >= 15 is 0 Å². The molecular formula is C13H15FN2O. The van der Waals surface area contributed by atoms with Crippen molar-refractivity contribution in [1.82, 2.24) is 0 Å². The molecule has 0 fully saturated rings. The van der Waals surface area contributed by atoms with Gasteiger partial charge in [-0.1, -0.05) is 13.8 Å². The maximum atomic E-state index is 12.8. The first-order valence-electron chi connectivity index (χ1n) is 5.65. The van der Waals surface area contributed by atoms with Crippen molar-refractivity contribution in [2.45, 2.75) is 20.8 Å². The molecule has 1 aromatic rings. The summed E-state index contributed by atoms with van der Waals surface area (Å²) >= 11 is 0. The molecule has 0 radical (unpaired) electrons. The zero-order chi connectivity index (χ0) is 12.6. The first-order valence-corrected chi connectivity index (χ1v) is 5.65. The van der Waals surface area contributed by atoms with Crippen LogP contribution in [0.15, 0.2) is 29.4 Å². The van der Waals surface area contributed by atoms with E-state index in [-0.39, 0.29) is 23.6 Å². The summed E-state index contributed by atoms with van der Waals surface area (Å²) in [5.74, 6) is -0.303. The van der Waals surface area contributed by atoms with Gasteiger partial charge in [-0.3, -0.25) is 4.79 Å². The predicted molar refractivity (Wildman–Crippen MR) is 65.3 cm³/mol. The number of hydrogen-bond acceptors (Lipinski definition) is 2. The Morgan fingerprint density at radius 1 is 1.29 bits per heavy atom. The lowest BCUT2D eigenvalue weighted by atomic mass is 9.92. The molecule has 1 aliphatic heterocycles. The van der Waals surface area contributed by atoms with Crippen molar-refractivity contribution in [3.05, 3.63) is 30.1 Å². The molecule has 0 saturated carbocycles. The molecule has 1 aliphatic rings.